The molecule has 12 aromatic rings. The maximum absolute atomic E-state index is 2.47. The summed E-state index contributed by atoms with van der Waals surface area (Å²) in [5, 5.41) is 16.1. The van der Waals surface area contributed by atoms with Crippen LogP contribution in [0.15, 0.2) is 158 Å². The second kappa shape index (κ2) is 10.5. The minimum absolute atomic E-state index is 1.27. The van der Waals surface area contributed by atoms with Gasteiger partial charge in [-0.1, -0.05) is 140 Å². The minimum atomic E-state index is 1.27. The molecular weight excluding hydrogens is 673 g/mol. The maximum Gasteiger partial charge on any atom is 0.0455 e. The zero-order valence-corrected chi connectivity index (χ0v) is 29.7. The van der Waals surface area contributed by atoms with Crippen LogP contribution in [0.3, 0.4) is 0 Å². The third-order valence-corrected chi connectivity index (χ3v) is 14.4. The Bertz CT molecular complexity index is 3370. The van der Waals surface area contributed by atoms with Crippen molar-refractivity contribution in [1.82, 2.24) is 0 Å². The van der Waals surface area contributed by atoms with Crippen LogP contribution in [0.4, 0.5) is 0 Å². The molecule has 0 fully saturated rings. The molecule has 0 radical (unpaired) electrons. The number of rotatable bonds is 2. The van der Waals surface area contributed by atoms with E-state index < -0.39 is 0 Å². The van der Waals surface area contributed by atoms with Gasteiger partial charge in [-0.05, 0) is 61.8 Å². The molecule has 0 aliphatic rings. The quantitative estimate of drug-likeness (QED) is 0.158. The van der Waals surface area contributed by atoms with E-state index in [1.54, 1.807) is 0 Å². The van der Waals surface area contributed by atoms with Gasteiger partial charge < -0.3 is 0 Å². The van der Waals surface area contributed by atoms with Gasteiger partial charge in [0.2, 0.25) is 0 Å². The Kier molecular flexibility index (Phi) is 5.78. The van der Waals surface area contributed by atoms with E-state index >= 15 is 0 Å². The van der Waals surface area contributed by atoms with Crippen LogP contribution >= 0.6 is 34.0 Å². The summed E-state index contributed by atoms with van der Waals surface area (Å²) in [5.74, 6) is 0. The Balaban J connectivity index is 1.17. The Hall–Kier alpha value is -5.58. The lowest BCUT2D eigenvalue weighted by Crippen LogP contribution is -1.90. The van der Waals surface area contributed by atoms with Crippen LogP contribution < -0.4 is 0 Å². The van der Waals surface area contributed by atoms with Crippen molar-refractivity contribution in [1.29, 1.82) is 0 Å². The normalized spacial score (nSPS) is 12.3. The van der Waals surface area contributed by atoms with Crippen molar-refractivity contribution < 1.29 is 0 Å². The monoisotopic (exact) mass is 698 g/mol. The highest BCUT2D eigenvalue weighted by atomic mass is 32.1. The largest absolute Gasteiger partial charge is 0.135 e. The summed E-state index contributed by atoms with van der Waals surface area (Å²) in [4.78, 5) is 0. The molecule has 0 aliphatic heterocycles. The lowest BCUT2D eigenvalue weighted by Gasteiger charge is -2.18. The van der Waals surface area contributed by atoms with Crippen LogP contribution in [0.1, 0.15) is 0 Å². The predicted octanol–water partition coefficient (Wildman–Crippen LogP) is 15.6. The van der Waals surface area contributed by atoms with Gasteiger partial charge in [-0.2, -0.15) is 0 Å². The summed E-state index contributed by atoms with van der Waals surface area (Å²) in [7, 11) is 0. The molecule has 236 valence electrons. The lowest BCUT2D eigenvalue weighted by molar-refractivity contribution is 1.71. The molecule has 3 heterocycles. The van der Waals surface area contributed by atoms with Crippen molar-refractivity contribution in [2.75, 3.05) is 0 Å². The fourth-order valence-electron chi connectivity index (χ4n) is 8.73. The van der Waals surface area contributed by atoms with Gasteiger partial charge in [-0.15, -0.1) is 34.0 Å². The molecule has 0 saturated carbocycles. The van der Waals surface area contributed by atoms with E-state index in [1.807, 2.05) is 34.0 Å². The van der Waals surface area contributed by atoms with E-state index in [0.717, 1.165) is 0 Å². The summed E-state index contributed by atoms with van der Waals surface area (Å²) in [6.07, 6.45) is 0. The molecule has 12 rings (SSSR count). The molecule has 0 bridgehead atoms. The summed E-state index contributed by atoms with van der Waals surface area (Å²) < 4.78 is 8.17. The lowest BCUT2D eigenvalue weighted by atomic mass is 9.85. The summed E-state index contributed by atoms with van der Waals surface area (Å²) in [6.45, 7) is 0. The highest BCUT2D eigenvalue weighted by molar-refractivity contribution is 7.30. The molecule has 0 nitrogen and oxygen atoms in total. The van der Waals surface area contributed by atoms with Gasteiger partial charge in [-0.25, -0.2) is 0 Å². The van der Waals surface area contributed by atoms with Crippen LogP contribution in [0.5, 0.6) is 0 Å². The van der Waals surface area contributed by atoms with E-state index in [2.05, 4.69) is 158 Å². The molecule has 0 N–H and O–H groups in total. The van der Waals surface area contributed by atoms with Gasteiger partial charge in [0.1, 0.15) is 0 Å². The number of thiophene rings is 3. The number of benzene rings is 9. The minimum Gasteiger partial charge on any atom is -0.135 e. The van der Waals surface area contributed by atoms with Gasteiger partial charge in [0.15, 0.2) is 0 Å². The van der Waals surface area contributed by atoms with Crippen molar-refractivity contribution in [3.05, 3.63) is 158 Å². The molecule has 3 heteroatoms. The Morgan fingerprint density at radius 1 is 0.275 bits per heavy atom. The van der Waals surface area contributed by atoms with Crippen LogP contribution in [0.25, 0.3) is 115 Å². The highest BCUT2D eigenvalue weighted by Gasteiger charge is 2.22. The van der Waals surface area contributed by atoms with Crippen LogP contribution in [0, 0.1) is 0 Å². The topological polar surface area (TPSA) is 0 Å². The average molecular weight is 699 g/mol. The average Bonchev–Trinajstić information content (AvgIpc) is 3.88. The van der Waals surface area contributed by atoms with E-state index in [4.69, 9.17) is 0 Å². The van der Waals surface area contributed by atoms with Crippen LogP contribution in [-0.2, 0) is 0 Å². The van der Waals surface area contributed by atoms with E-state index in [9.17, 15) is 0 Å². The molecule has 0 saturated heterocycles. The molecule has 0 aliphatic carbocycles. The van der Waals surface area contributed by atoms with Gasteiger partial charge >= 0.3 is 0 Å². The Morgan fingerprint density at radius 2 is 0.765 bits per heavy atom. The first-order chi connectivity index (χ1) is 25.3. The number of hydrogen-bond acceptors (Lipinski definition) is 3. The van der Waals surface area contributed by atoms with E-state index in [0.29, 0.717) is 0 Å². The van der Waals surface area contributed by atoms with Crippen molar-refractivity contribution in [2.24, 2.45) is 0 Å². The highest BCUT2D eigenvalue weighted by Crippen LogP contribution is 2.51. The van der Waals surface area contributed by atoms with Gasteiger partial charge in [0, 0.05) is 71.5 Å². The van der Waals surface area contributed by atoms with Crippen molar-refractivity contribution in [3.8, 4) is 22.3 Å². The zero-order valence-electron chi connectivity index (χ0n) is 27.2. The SMILES string of the molecule is c1ccc2c(c1)sc1c(-c3c4ccccc4c(-c4ccc5c(c4)sc4c6ccccc6c6c7ccccc7sc6c54)c4ccccc34)cccc12. The Morgan fingerprint density at radius 3 is 1.49 bits per heavy atom. The third-order valence-electron chi connectivity index (χ3n) is 10.8. The second-order valence-electron chi connectivity index (χ2n) is 13.5. The number of hydrogen-bond donors (Lipinski definition) is 0. The first-order valence-electron chi connectivity index (χ1n) is 17.3. The molecule has 0 unspecified atom stereocenters. The van der Waals surface area contributed by atoms with Crippen molar-refractivity contribution in [2.45, 2.75) is 0 Å². The van der Waals surface area contributed by atoms with Gasteiger partial charge in [-0.3, -0.25) is 0 Å². The smallest absolute Gasteiger partial charge is 0.0455 e. The third kappa shape index (κ3) is 3.83. The molecule has 51 heavy (non-hydrogen) atoms. The van der Waals surface area contributed by atoms with E-state index in [1.165, 1.54) is 115 Å². The summed E-state index contributed by atoms with van der Waals surface area (Å²) in [6, 6.07) is 58.9. The van der Waals surface area contributed by atoms with Crippen LogP contribution in [-0.4, -0.2) is 0 Å². The second-order valence-corrected chi connectivity index (χ2v) is 16.6. The first kappa shape index (κ1) is 28.2. The van der Waals surface area contributed by atoms with Crippen molar-refractivity contribution >= 4 is 127 Å². The van der Waals surface area contributed by atoms with Gasteiger partial charge in [0.05, 0.1) is 0 Å². The zero-order chi connectivity index (χ0) is 33.2. The van der Waals surface area contributed by atoms with Crippen LogP contribution in [0.2, 0.25) is 0 Å². The number of fused-ring (bicyclic) bond motifs is 15. The molecule has 3 aromatic heterocycles. The van der Waals surface area contributed by atoms with Gasteiger partial charge in [0.25, 0.3) is 0 Å². The fraction of sp³-hybridized carbons (Fsp3) is 0. The molecular formula is C48H26S3. The summed E-state index contributed by atoms with van der Waals surface area (Å²) >= 11 is 5.79. The van der Waals surface area contributed by atoms with Crippen molar-refractivity contribution in [3.63, 3.8) is 0 Å². The standard InChI is InChI=1S/C48H26S3/c1-3-15-31-29(13-1)42(30-14-2-4-16-32(30)43(31)38-21-11-20-34-28-12-7-9-22-39(28)49-46(34)38)27-24-25-37-41(26-27)51-47-35-18-6-5-17-33(35)44-36-19-8-10-23-40(36)50-48(44)45(37)47/h1-26H. The molecule has 0 amide bonds. The molecule has 9 aromatic carbocycles. The summed E-state index contributed by atoms with van der Waals surface area (Å²) in [5.41, 5.74) is 5.21. The van der Waals surface area contributed by atoms with E-state index in [-0.39, 0.29) is 0 Å². The Labute approximate surface area is 305 Å². The molecule has 0 atom stereocenters. The molecule has 0 spiro atoms. The first-order valence-corrected chi connectivity index (χ1v) is 19.8. The predicted molar refractivity (Wildman–Crippen MR) is 228 cm³/mol. The fourth-order valence-corrected chi connectivity index (χ4v) is 12.6. The maximum atomic E-state index is 2.47.